The zero-order valence-electron chi connectivity index (χ0n) is 11.2. The molecule has 0 aromatic rings. The number of carbonyl (C=O) groups is 2. The Morgan fingerprint density at radius 1 is 1.06 bits per heavy atom. The van der Waals surface area contributed by atoms with Gasteiger partial charge in [-0.1, -0.05) is 13.8 Å². The summed E-state index contributed by atoms with van der Waals surface area (Å²) in [5.74, 6) is -0.233. The summed E-state index contributed by atoms with van der Waals surface area (Å²) in [6, 6.07) is 0. The summed E-state index contributed by atoms with van der Waals surface area (Å²) < 4.78 is 0. The average Bonchev–Trinajstić information content (AvgIpc) is 2.33. The lowest BCUT2D eigenvalue weighted by Crippen LogP contribution is -2.38. The molecule has 18 heavy (non-hydrogen) atoms. The molecular weight excluding hydrogens is 236 g/mol. The third kappa shape index (κ3) is 7.24. The van der Waals surface area contributed by atoms with Gasteiger partial charge in [0.1, 0.15) is 0 Å². The van der Waals surface area contributed by atoms with E-state index in [1.165, 1.54) is 0 Å². The lowest BCUT2D eigenvalue weighted by atomic mass is 9.86. The van der Waals surface area contributed by atoms with E-state index in [2.05, 4.69) is 10.6 Å². The van der Waals surface area contributed by atoms with E-state index >= 15 is 0 Å². The van der Waals surface area contributed by atoms with E-state index < -0.39 is 5.41 Å². The molecule has 0 radical (unpaired) electrons. The second kappa shape index (κ2) is 8.88. The van der Waals surface area contributed by atoms with Crippen LogP contribution in [-0.4, -0.2) is 48.3 Å². The molecule has 0 aromatic carbocycles. The van der Waals surface area contributed by atoms with Crippen LogP contribution in [0.2, 0.25) is 0 Å². The van der Waals surface area contributed by atoms with Gasteiger partial charge in [-0.05, 0) is 12.8 Å². The summed E-state index contributed by atoms with van der Waals surface area (Å²) in [5, 5.41) is 22.3. The first-order valence-corrected chi connectivity index (χ1v) is 6.20. The summed E-state index contributed by atoms with van der Waals surface area (Å²) in [6.45, 7) is 3.99. The van der Waals surface area contributed by atoms with Gasteiger partial charge < -0.3 is 20.8 Å². The minimum absolute atomic E-state index is 0.0687. The summed E-state index contributed by atoms with van der Waals surface area (Å²) >= 11 is 0. The molecule has 2 amide bonds. The van der Waals surface area contributed by atoms with Gasteiger partial charge >= 0.3 is 0 Å². The van der Waals surface area contributed by atoms with Crippen molar-refractivity contribution in [3.8, 4) is 0 Å². The summed E-state index contributed by atoms with van der Waals surface area (Å²) in [7, 11) is 0. The van der Waals surface area contributed by atoms with E-state index in [9.17, 15) is 9.59 Å². The van der Waals surface area contributed by atoms with Crippen molar-refractivity contribution in [2.75, 3.05) is 26.3 Å². The van der Waals surface area contributed by atoms with Crippen LogP contribution in [0, 0.1) is 5.41 Å². The number of hydrogen-bond acceptors (Lipinski definition) is 4. The number of aliphatic hydroxyl groups is 2. The number of carbonyl (C=O) groups excluding carboxylic acids is 2. The third-order valence-electron chi connectivity index (χ3n) is 2.65. The highest BCUT2D eigenvalue weighted by molar-refractivity contribution is 5.81. The molecule has 0 unspecified atom stereocenters. The van der Waals surface area contributed by atoms with Crippen molar-refractivity contribution in [3.05, 3.63) is 0 Å². The fourth-order valence-electron chi connectivity index (χ4n) is 1.50. The Bertz CT molecular complexity index is 267. The largest absolute Gasteiger partial charge is 0.395 e. The van der Waals surface area contributed by atoms with E-state index in [1.807, 2.05) is 13.8 Å². The highest BCUT2D eigenvalue weighted by Crippen LogP contribution is 2.23. The fourth-order valence-corrected chi connectivity index (χ4v) is 1.50. The first-order valence-electron chi connectivity index (χ1n) is 6.20. The molecule has 0 aliphatic carbocycles. The van der Waals surface area contributed by atoms with Crippen LogP contribution in [0.3, 0.4) is 0 Å². The van der Waals surface area contributed by atoms with Gasteiger partial charge in [0.05, 0.1) is 13.2 Å². The topological polar surface area (TPSA) is 98.7 Å². The van der Waals surface area contributed by atoms with Crippen LogP contribution in [-0.2, 0) is 9.59 Å². The van der Waals surface area contributed by atoms with Crippen LogP contribution in [0.5, 0.6) is 0 Å². The molecule has 0 saturated heterocycles. The molecule has 0 bridgehead atoms. The summed E-state index contributed by atoms with van der Waals surface area (Å²) in [6.07, 6.45) is 1.55. The van der Waals surface area contributed by atoms with Crippen molar-refractivity contribution in [1.82, 2.24) is 10.6 Å². The van der Waals surface area contributed by atoms with Gasteiger partial charge in [0.2, 0.25) is 11.8 Å². The first-order chi connectivity index (χ1) is 8.44. The van der Waals surface area contributed by atoms with Crippen molar-refractivity contribution in [2.45, 2.75) is 33.1 Å². The van der Waals surface area contributed by atoms with Gasteiger partial charge in [-0.2, -0.15) is 0 Å². The van der Waals surface area contributed by atoms with Crippen LogP contribution < -0.4 is 10.6 Å². The standard InChI is InChI=1S/C12H24N2O4/c1-12(2,11(18)14-7-9-16)5-3-4-10(17)13-6-8-15/h15-16H,3-9H2,1-2H3,(H,13,17)(H,14,18). The van der Waals surface area contributed by atoms with E-state index in [1.54, 1.807) is 0 Å². The number of hydrogen-bond donors (Lipinski definition) is 4. The predicted molar refractivity (Wildman–Crippen MR) is 67.8 cm³/mol. The molecule has 0 atom stereocenters. The van der Waals surface area contributed by atoms with E-state index in [4.69, 9.17) is 10.2 Å². The zero-order chi connectivity index (χ0) is 14.0. The highest BCUT2D eigenvalue weighted by Gasteiger charge is 2.26. The smallest absolute Gasteiger partial charge is 0.225 e. The van der Waals surface area contributed by atoms with Crippen molar-refractivity contribution in [1.29, 1.82) is 0 Å². The number of nitrogens with one attached hydrogen (secondary N) is 2. The minimum Gasteiger partial charge on any atom is -0.395 e. The maximum Gasteiger partial charge on any atom is 0.225 e. The Hall–Kier alpha value is -1.14. The molecule has 6 heteroatoms. The lowest BCUT2D eigenvalue weighted by Gasteiger charge is -2.23. The third-order valence-corrected chi connectivity index (χ3v) is 2.65. The Balaban J connectivity index is 3.88. The summed E-state index contributed by atoms with van der Waals surface area (Å²) in [4.78, 5) is 23.0. The van der Waals surface area contributed by atoms with Crippen LogP contribution in [0.25, 0.3) is 0 Å². The first kappa shape index (κ1) is 16.9. The Morgan fingerprint density at radius 2 is 1.61 bits per heavy atom. The SMILES string of the molecule is CC(C)(CCCC(=O)NCCO)C(=O)NCCO. The molecular formula is C12H24N2O4. The van der Waals surface area contributed by atoms with Gasteiger partial charge in [-0.25, -0.2) is 0 Å². The van der Waals surface area contributed by atoms with Gasteiger partial charge in [-0.15, -0.1) is 0 Å². The van der Waals surface area contributed by atoms with Gasteiger partial charge in [-0.3, -0.25) is 9.59 Å². The summed E-state index contributed by atoms with van der Waals surface area (Å²) in [5.41, 5.74) is -0.549. The molecule has 0 heterocycles. The average molecular weight is 260 g/mol. The molecule has 0 aromatic heterocycles. The van der Waals surface area contributed by atoms with Gasteiger partial charge in [0.25, 0.3) is 0 Å². The normalized spacial score (nSPS) is 11.1. The molecule has 0 spiro atoms. The van der Waals surface area contributed by atoms with Crippen LogP contribution >= 0.6 is 0 Å². The van der Waals surface area contributed by atoms with Crippen LogP contribution in [0.15, 0.2) is 0 Å². The second-order valence-corrected chi connectivity index (χ2v) is 4.79. The quantitative estimate of drug-likeness (QED) is 0.445. The number of aliphatic hydroxyl groups excluding tert-OH is 2. The van der Waals surface area contributed by atoms with Crippen LogP contribution in [0.1, 0.15) is 33.1 Å². The van der Waals surface area contributed by atoms with E-state index in [0.29, 0.717) is 19.3 Å². The van der Waals surface area contributed by atoms with Crippen molar-refractivity contribution >= 4 is 11.8 Å². The molecule has 0 aliphatic rings. The van der Waals surface area contributed by atoms with Crippen molar-refractivity contribution in [3.63, 3.8) is 0 Å². The molecule has 6 nitrogen and oxygen atoms in total. The van der Waals surface area contributed by atoms with Gasteiger partial charge in [0, 0.05) is 24.9 Å². The maximum atomic E-state index is 11.7. The molecule has 106 valence electrons. The minimum atomic E-state index is -0.549. The van der Waals surface area contributed by atoms with Crippen LogP contribution in [0.4, 0.5) is 0 Å². The molecule has 0 rings (SSSR count). The molecule has 0 saturated carbocycles. The highest BCUT2D eigenvalue weighted by atomic mass is 16.3. The molecule has 0 aliphatic heterocycles. The monoisotopic (exact) mass is 260 g/mol. The van der Waals surface area contributed by atoms with Crippen molar-refractivity contribution < 1.29 is 19.8 Å². The predicted octanol–water partition coefficient (Wildman–Crippen LogP) is -0.600. The molecule has 0 fully saturated rings. The zero-order valence-corrected chi connectivity index (χ0v) is 11.2. The number of amides is 2. The second-order valence-electron chi connectivity index (χ2n) is 4.79. The van der Waals surface area contributed by atoms with E-state index in [-0.39, 0.29) is 38.1 Å². The van der Waals surface area contributed by atoms with Gasteiger partial charge in [0.15, 0.2) is 0 Å². The Morgan fingerprint density at radius 3 is 2.17 bits per heavy atom. The Kier molecular flexibility index (Phi) is 8.32. The maximum absolute atomic E-state index is 11.7. The molecule has 4 N–H and O–H groups in total. The fraction of sp³-hybridized carbons (Fsp3) is 0.833. The van der Waals surface area contributed by atoms with E-state index in [0.717, 1.165) is 0 Å². The number of rotatable bonds is 9. The van der Waals surface area contributed by atoms with Crippen molar-refractivity contribution in [2.24, 2.45) is 5.41 Å². The Labute approximate surface area is 108 Å². The lowest BCUT2D eigenvalue weighted by molar-refractivity contribution is -0.130.